The van der Waals surface area contributed by atoms with Crippen LogP contribution >= 0.6 is 0 Å². The Hall–Kier alpha value is -0.842. The second kappa shape index (κ2) is 3.38. The summed E-state index contributed by atoms with van der Waals surface area (Å²) < 4.78 is 22.1. The molecule has 0 unspecified atom stereocenters. The molecule has 0 radical (unpaired) electrons. The molecule has 18 heavy (non-hydrogen) atoms. The average Bonchev–Trinajstić information content (AvgIpc) is 2.43. The molecular weight excluding hydrogens is 303 g/mol. The molecule has 0 aromatic rings. The van der Waals surface area contributed by atoms with Gasteiger partial charge in [-0.1, -0.05) is 0 Å². The third-order valence-corrected chi connectivity index (χ3v) is 10.1. The molecule has 0 aliphatic carbocycles. The van der Waals surface area contributed by atoms with Crippen LogP contribution in [0.1, 0.15) is 27.7 Å². The molecule has 2 fully saturated rings. The van der Waals surface area contributed by atoms with Crippen molar-refractivity contribution in [1.82, 2.24) is 0 Å². The molecule has 0 amide bonds. The van der Waals surface area contributed by atoms with Gasteiger partial charge in [0.2, 0.25) is 0 Å². The summed E-state index contributed by atoms with van der Waals surface area (Å²) in [6.07, 6.45) is 1.48. The molecule has 2 rings (SSSR count). The number of rotatable bonds is 2. The second-order valence-corrected chi connectivity index (χ2v) is 11.7. The van der Waals surface area contributed by atoms with Crippen molar-refractivity contribution in [2.24, 2.45) is 0 Å². The van der Waals surface area contributed by atoms with E-state index in [2.05, 4.69) is 6.58 Å². The van der Waals surface area contributed by atoms with E-state index in [1.54, 1.807) is 27.7 Å². The van der Waals surface area contributed by atoms with E-state index in [1.807, 2.05) is 0 Å². The molecule has 7 heteroatoms. The maximum absolute atomic E-state index is 11.8. The summed E-state index contributed by atoms with van der Waals surface area (Å²) in [6.45, 7) is 9.81. The topological polar surface area (TPSA) is 71.1 Å². The van der Waals surface area contributed by atoms with Crippen LogP contribution in [0.2, 0.25) is 5.21 Å². The molecule has 0 aromatic heterocycles. The molecule has 2 heterocycles. The van der Waals surface area contributed by atoms with Crippen molar-refractivity contribution in [3.05, 3.63) is 12.7 Å². The molecule has 0 bridgehead atoms. The average molecular weight is 320 g/mol. The molecule has 102 valence electrons. The summed E-state index contributed by atoms with van der Waals surface area (Å²) in [5, 5.41) is 0.0724. The molecular formula is C11H17AsO6. The van der Waals surface area contributed by atoms with E-state index >= 15 is 0 Å². The standard InChI is InChI=1S/C11H17AsO6/c1-6-7-12(15-8(13)10(2,3)17-12)16-9(14)11(4,5)18-12/h6H,1,7H2,2-5H3. The number of hydrogen-bond donors (Lipinski definition) is 0. The molecule has 0 aromatic carbocycles. The number of allylic oxidation sites excluding steroid dienone is 1. The van der Waals surface area contributed by atoms with E-state index in [0.29, 0.717) is 0 Å². The van der Waals surface area contributed by atoms with Crippen molar-refractivity contribution < 1.29 is 24.5 Å². The van der Waals surface area contributed by atoms with Gasteiger partial charge in [-0.2, -0.15) is 0 Å². The van der Waals surface area contributed by atoms with Crippen LogP contribution in [0.15, 0.2) is 12.7 Å². The van der Waals surface area contributed by atoms with Gasteiger partial charge in [0.05, 0.1) is 0 Å². The predicted molar refractivity (Wildman–Crippen MR) is 63.3 cm³/mol. The number of carbonyl (C=O) groups excluding carboxylic acids is 2. The predicted octanol–water partition coefficient (Wildman–Crippen LogP) is 1.27. The first kappa shape index (κ1) is 13.6. The van der Waals surface area contributed by atoms with Gasteiger partial charge < -0.3 is 0 Å². The Morgan fingerprint density at radius 2 is 1.44 bits per heavy atom. The zero-order valence-electron chi connectivity index (χ0n) is 10.9. The first-order valence-electron chi connectivity index (χ1n) is 5.59. The molecule has 2 aliphatic heterocycles. The summed E-state index contributed by atoms with van der Waals surface area (Å²) in [7, 11) is 0. The summed E-state index contributed by atoms with van der Waals surface area (Å²) >= 11 is -4.85. The quantitative estimate of drug-likeness (QED) is 0.564. The van der Waals surface area contributed by atoms with Gasteiger partial charge in [-0.05, 0) is 0 Å². The molecule has 0 saturated carbocycles. The Bertz CT molecular complexity index is 416. The van der Waals surface area contributed by atoms with E-state index < -0.39 is 37.0 Å². The van der Waals surface area contributed by atoms with E-state index in [0.717, 1.165) is 0 Å². The van der Waals surface area contributed by atoms with E-state index in [-0.39, 0.29) is 5.21 Å². The zero-order chi connectivity index (χ0) is 13.8. The van der Waals surface area contributed by atoms with Crippen molar-refractivity contribution in [3.63, 3.8) is 0 Å². The molecule has 1 spiro atoms. The Morgan fingerprint density at radius 3 is 1.67 bits per heavy atom. The SMILES string of the molecule is C=CC[As]12(OC(=O)C(C)(C)O1)OC(=O)C(C)(C)O2. The van der Waals surface area contributed by atoms with Gasteiger partial charge in [0.25, 0.3) is 0 Å². The van der Waals surface area contributed by atoms with Crippen molar-refractivity contribution in [1.29, 1.82) is 0 Å². The van der Waals surface area contributed by atoms with Gasteiger partial charge >= 0.3 is 107 Å². The van der Waals surface area contributed by atoms with Gasteiger partial charge in [0.1, 0.15) is 0 Å². The maximum atomic E-state index is 11.8. The molecule has 2 aliphatic rings. The van der Waals surface area contributed by atoms with E-state index in [4.69, 9.17) is 14.9 Å². The monoisotopic (exact) mass is 320 g/mol. The van der Waals surface area contributed by atoms with E-state index in [9.17, 15) is 9.59 Å². The number of carbonyl (C=O) groups is 2. The first-order chi connectivity index (χ1) is 8.04. The van der Waals surface area contributed by atoms with Gasteiger partial charge in [0, 0.05) is 0 Å². The normalized spacial score (nSPS) is 32.3. The summed E-state index contributed by atoms with van der Waals surface area (Å²) in [5.74, 6) is -1.17. The molecule has 0 atom stereocenters. The van der Waals surface area contributed by atoms with Gasteiger partial charge in [-0.15, -0.1) is 0 Å². The molecule has 6 nitrogen and oxygen atoms in total. The Kier molecular flexibility index (Phi) is 2.55. The minimum absolute atomic E-state index is 0.0724. The zero-order valence-corrected chi connectivity index (χ0v) is 12.8. The fourth-order valence-electron chi connectivity index (χ4n) is 1.97. The minimum atomic E-state index is -4.85. The van der Waals surface area contributed by atoms with E-state index in [1.165, 1.54) is 6.08 Å². The van der Waals surface area contributed by atoms with Crippen molar-refractivity contribution >= 4 is 25.8 Å². The fraction of sp³-hybridized carbons (Fsp3) is 0.636. The van der Waals surface area contributed by atoms with Crippen LogP contribution in [0.4, 0.5) is 0 Å². The van der Waals surface area contributed by atoms with Gasteiger partial charge in [0.15, 0.2) is 0 Å². The Balaban J connectivity index is 2.51. The van der Waals surface area contributed by atoms with Crippen molar-refractivity contribution in [3.8, 4) is 0 Å². The van der Waals surface area contributed by atoms with Crippen molar-refractivity contribution in [2.75, 3.05) is 0 Å². The Morgan fingerprint density at radius 1 is 1.06 bits per heavy atom. The van der Waals surface area contributed by atoms with Crippen LogP contribution in [-0.2, 0) is 24.5 Å². The second-order valence-electron chi connectivity index (χ2n) is 5.40. The fourth-order valence-corrected chi connectivity index (χ4v) is 10.2. The summed E-state index contributed by atoms with van der Waals surface area (Å²) in [4.78, 5) is 23.7. The van der Waals surface area contributed by atoms with Crippen LogP contribution < -0.4 is 0 Å². The molecule has 2 saturated heterocycles. The van der Waals surface area contributed by atoms with Crippen LogP contribution in [0, 0.1) is 0 Å². The number of hydrogen-bond acceptors (Lipinski definition) is 6. The van der Waals surface area contributed by atoms with Crippen LogP contribution in [-0.4, -0.2) is 37.0 Å². The van der Waals surface area contributed by atoms with Crippen molar-refractivity contribution in [2.45, 2.75) is 44.1 Å². The molecule has 0 N–H and O–H groups in total. The summed E-state index contributed by atoms with van der Waals surface area (Å²) in [5.41, 5.74) is -2.37. The Labute approximate surface area is 107 Å². The third kappa shape index (κ3) is 1.71. The van der Waals surface area contributed by atoms with Gasteiger partial charge in [-0.3, -0.25) is 0 Å². The third-order valence-electron chi connectivity index (χ3n) is 2.74. The van der Waals surface area contributed by atoms with Gasteiger partial charge in [-0.25, -0.2) is 0 Å². The van der Waals surface area contributed by atoms with Crippen LogP contribution in [0.5, 0.6) is 0 Å². The van der Waals surface area contributed by atoms with Crippen LogP contribution in [0.3, 0.4) is 0 Å². The van der Waals surface area contributed by atoms with Crippen LogP contribution in [0.25, 0.3) is 0 Å². The first-order valence-corrected chi connectivity index (χ1v) is 9.98. The summed E-state index contributed by atoms with van der Waals surface area (Å²) in [6, 6.07) is 0.